The summed E-state index contributed by atoms with van der Waals surface area (Å²) in [7, 11) is 1.61. The molecule has 0 aliphatic carbocycles. The first-order valence-corrected chi connectivity index (χ1v) is 7.62. The van der Waals surface area contributed by atoms with Crippen molar-refractivity contribution in [3.63, 3.8) is 0 Å². The molecule has 0 amide bonds. The fourth-order valence-corrected chi connectivity index (χ4v) is 2.36. The molecule has 1 atom stereocenters. The summed E-state index contributed by atoms with van der Waals surface area (Å²) in [5.74, 6) is 0.467. The highest BCUT2D eigenvalue weighted by Crippen LogP contribution is 2.31. The van der Waals surface area contributed by atoms with Crippen LogP contribution < -0.4 is 10.1 Å². The lowest BCUT2D eigenvalue weighted by atomic mass is 10.2. The van der Waals surface area contributed by atoms with Gasteiger partial charge in [0.25, 0.3) is 0 Å². The van der Waals surface area contributed by atoms with E-state index in [1.807, 2.05) is 0 Å². The minimum atomic E-state index is -0.504. The lowest BCUT2D eigenvalue weighted by Gasteiger charge is -2.20. The number of benzene rings is 1. The molecule has 20 heavy (non-hydrogen) atoms. The van der Waals surface area contributed by atoms with Crippen LogP contribution in [0.25, 0.3) is 0 Å². The topological polar surface area (TPSA) is 30.5 Å². The molecule has 114 valence electrons. The third kappa shape index (κ3) is 5.95. The van der Waals surface area contributed by atoms with Crippen LogP contribution in [0.2, 0.25) is 5.02 Å². The first-order chi connectivity index (χ1) is 9.43. The normalized spacial score (nSPS) is 12.8. The molecule has 3 nitrogen and oxygen atoms in total. The molecule has 1 N–H and O–H groups in total. The number of halogens is 3. The number of hydrogen-bond acceptors (Lipinski definition) is 3. The van der Waals surface area contributed by atoms with Crippen molar-refractivity contribution in [3.05, 3.63) is 27.4 Å². The Labute approximate surface area is 132 Å². The Hall–Kier alpha value is -0.360. The van der Waals surface area contributed by atoms with E-state index < -0.39 is 5.82 Å². The van der Waals surface area contributed by atoms with Crippen molar-refractivity contribution in [2.75, 3.05) is 26.8 Å². The van der Waals surface area contributed by atoms with Crippen LogP contribution >= 0.6 is 27.5 Å². The van der Waals surface area contributed by atoms with E-state index in [-0.39, 0.29) is 11.1 Å². The third-order valence-electron chi connectivity index (χ3n) is 2.55. The van der Waals surface area contributed by atoms with E-state index in [2.05, 4.69) is 35.1 Å². The molecular weight excluding hydrogens is 349 g/mol. The molecule has 1 aromatic carbocycles. The Kier molecular flexibility index (Phi) is 7.80. The highest BCUT2D eigenvalue weighted by atomic mass is 79.9. The lowest BCUT2D eigenvalue weighted by Crippen LogP contribution is -2.36. The molecule has 0 saturated heterocycles. The molecule has 0 fully saturated rings. The second-order valence-electron chi connectivity index (χ2n) is 4.94. The maximum Gasteiger partial charge on any atom is 0.145 e. The van der Waals surface area contributed by atoms with E-state index in [9.17, 15) is 4.39 Å². The second kappa shape index (κ2) is 8.82. The summed E-state index contributed by atoms with van der Waals surface area (Å²) < 4.78 is 25.0. The molecule has 0 saturated carbocycles. The molecule has 1 aromatic rings. The molecule has 0 aliphatic heterocycles. The zero-order valence-corrected chi connectivity index (χ0v) is 14.2. The van der Waals surface area contributed by atoms with Crippen molar-refractivity contribution in [2.24, 2.45) is 5.92 Å². The molecule has 1 unspecified atom stereocenters. The molecule has 0 aliphatic rings. The SMILES string of the molecule is COCC(CNCC(C)C)Oc1cc(F)c(Cl)cc1Br. The number of ether oxygens (including phenoxy) is 2. The number of nitrogens with one attached hydrogen (secondary N) is 1. The second-order valence-corrected chi connectivity index (χ2v) is 6.21. The first-order valence-electron chi connectivity index (χ1n) is 6.44. The van der Waals surface area contributed by atoms with E-state index in [4.69, 9.17) is 21.1 Å². The maximum absolute atomic E-state index is 13.5. The van der Waals surface area contributed by atoms with Gasteiger partial charge in [-0.3, -0.25) is 0 Å². The Balaban J connectivity index is 2.67. The van der Waals surface area contributed by atoms with Gasteiger partial charge in [0.15, 0.2) is 0 Å². The standard InChI is InChI=1S/C14H20BrClFNO2/c1-9(2)6-18-7-10(8-19-3)20-14-5-13(17)12(16)4-11(14)15/h4-5,9-10,18H,6-8H2,1-3H3. The zero-order valence-electron chi connectivity index (χ0n) is 11.9. The molecule has 0 radical (unpaired) electrons. The van der Waals surface area contributed by atoms with E-state index in [0.717, 1.165) is 6.54 Å². The molecule has 0 bridgehead atoms. The number of hydrogen-bond donors (Lipinski definition) is 1. The highest BCUT2D eigenvalue weighted by Gasteiger charge is 2.14. The minimum absolute atomic E-state index is 0.0606. The summed E-state index contributed by atoms with van der Waals surface area (Å²) >= 11 is 9.02. The van der Waals surface area contributed by atoms with Gasteiger partial charge in [-0.15, -0.1) is 0 Å². The van der Waals surface area contributed by atoms with Crippen LogP contribution in [-0.2, 0) is 4.74 Å². The first kappa shape index (κ1) is 17.7. The van der Waals surface area contributed by atoms with Gasteiger partial charge in [-0.2, -0.15) is 0 Å². The Morgan fingerprint density at radius 1 is 1.35 bits per heavy atom. The average Bonchev–Trinajstić information content (AvgIpc) is 2.35. The Morgan fingerprint density at radius 3 is 2.65 bits per heavy atom. The monoisotopic (exact) mass is 367 g/mol. The Bertz CT molecular complexity index is 432. The summed E-state index contributed by atoms with van der Waals surface area (Å²) in [5.41, 5.74) is 0. The van der Waals surface area contributed by atoms with Crippen molar-refractivity contribution in [1.82, 2.24) is 5.32 Å². The van der Waals surface area contributed by atoms with Gasteiger partial charge >= 0.3 is 0 Å². The largest absolute Gasteiger partial charge is 0.485 e. The predicted molar refractivity (Wildman–Crippen MR) is 83.1 cm³/mol. The van der Waals surface area contributed by atoms with Gasteiger partial charge < -0.3 is 14.8 Å². The summed E-state index contributed by atoms with van der Waals surface area (Å²) in [6.07, 6.45) is -0.198. The summed E-state index contributed by atoms with van der Waals surface area (Å²) in [6, 6.07) is 2.76. The fraction of sp³-hybridized carbons (Fsp3) is 0.571. The molecule has 1 rings (SSSR count). The van der Waals surface area contributed by atoms with Crippen LogP contribution in [-0.4, -0.2) is 32.9 Å². The smallest absolute Gasteiger partial charge is 0.145 e. The van der Waals surface area contributed by atoms with Gasteiger partial charge in [-0.05, 0) is 34.5 Å². The van der Waals surface area contributed by atoms with E-state index in [1.54, 1.807) is 7.11 Å². The molecule has 6 heteroatoms. The molecular formula is C14H20BrClFNO2. The highest BCUT2D eigenvalue weighted by molar-refractivity contribution is 9.10. The van der Waals surface area contributed by atoms with Crippen molar-refractivity contribution >= 4 is 27.5 Å². The quantitative estimate of drug-likeness (QED) is 0.706. The van der Waals surface area contributed by atoms with Crippen LogP contribution in [0.15, 0.2) is 16.6 Å². The summed E-state index contributed by atoms with van der Waals surface area (Å²) in [5, 5.41) is 3.36. The lowest BCUT2D eigenvalue weighted by molar-refractivity contribution is 0.0795. The van der Waals surface area contributed by atoms with Crippen LogP contribution in [0.1, 0.15) is 13.8 Å². The summed E-state index contributed by atoms with van der Waals surface area (Å²) in [6.45, 7) is 6.19. The van der Waals surface area contributed by atoms with Crippen LogP contribution in [0.5, 0.6) is 5.75 Å². The fourth-order valence-electron chi connectivity index (χ4n) is 1.63. The van der Waals surface area contributed by atoms with Gasteiger partial charge in [-0.25, -0.2) is 4.39 Å². The zero-order chi connectivity index (χ0) is 15.1. The van der Waals surface area contributed by atoms with Gasteiger partial charge in [0.2, 0.25) is 0 Å². The van der Waals surface area contributed by atoms with Crippen molar-refractivity contribution in [1.29, 1.82) is 0 Å². The molecule has 0 heterocycles. The van der Waals surface area contributed by atoms with Gasteiger partial charge in [0.1, 0.15) is 17.7 Å². The van der Waals surface area contributed by atoms with Gasteiger partial charge in [-0.1, -0.05) is 25.4 Å². The van der Waals surface area contributed by atoms with Crippen LogP contribution in [0, 0.1) is 11.7 Å². The van der Waals surface area contributed by atoms with Crippen LogP contribution in [0.4, 0.5) is 4.39 Å². The predicted octanol–water partition coefficient (Wildman–Crippen LogP) is 3.88. The van der Waals surface area contributed by atoms with Gasteiger partial charge in [0, 0.05) is 19.7 Å². The van der Waals surface area contributed by atoms with Crippen molar-refractivity contribution < 1.29 is 13.9 Å². The number of rotatable bonds is 8. The maximum atomic E-state index is 13.5. The third-order valence-corrected chi connectivity index (χ3v) is 3.45. The Morgan fingerprint density at radius 2 is 2.05 bits per heavy atom. The molecule has 0 aromatic heterocycles. The van der Waals surface area contributed by atoms with Crippen molar-refractivity contribution in [2.45, 2.75) is 20.0 Å². The molecule has 0 spiro atoms. The average molecular weight is 369 g/mol. The number of methoxy groups -OCH3 is 1. The van der Waals surface area contributed by atoms with Crippen LogP contribution in [0.3, 0.4) is 0 Å². The van der Waals surface area contributed by atoms with E-state index >= 15 is 0 Å². The summed E-state index contributed by atoms with van der Waals surface area (Å²) in [4.78, 5) is 0. The van der Waals surface area contributed by atoms with Gasteiger partial charge in [0.05, 0.1) is 16.1 Å². The minimum Gasteiger partial charge on any atom is -0.485 e. The van der Waals surface area contributed by atoms with E-state index in [1.165, 1.54) is 12.1 Å². The van der Waals surface area contributed by atoms with E-state index in [0.29, 0.717) is 29.3 Å². The van der Waals surface area contributed by atoms with Crippen molar-refractivity contribution in [3.8, 4) is 5.75 Å².